The number of para-hydroxylation sites is 1. The van der Waals surface area contributed by atoms with E-state index in [1.165, 1.54) is 58.7 Å². The minimum Gasteiger partial charge on any atom is -0.340 e. The molecular formula is C47H33N3S. The smallest absolute Gasteiger partial charge is 0.134 e. The monoisotopic (exact) mass is 671 g/mol. The molecule has 0 aliphatic carbocycles. The Morgan fingerprint density at radius 3 is 2.04 bits per heavy atom. The van der Waals surface area contributed by atoms with Gasteiger partial charge < -0.3 is 9.88 Å². The van der Waals surface area contributed by atoms with Gasteiger partial charge in [0.2, 0.25) is 0 Å². The third-order valence-electron chi connectivity index (χ3n) is 10.2. The molecule has 3 nitrogen and oxygen atoms in total. The number of hydrogen-bond acceptors (Lipinski definition) is 3. The van der Waals surface area contributed by atoms with E-state index in [4.69, 9.17) is 4.99 Å². The molecule has 4 heteroatoms. The van der Waals surface area contributed by atoms with E-state index in [1.807, 2.05) is 11.3 Å². The van der Waals surface area contributed by atoms with Crippen molar-refractivity contribution in [1.29, 1.82) is 0 Å². The first kappa shape index (κ1) is 29.7. The molecule has 0 bridgehead atoms. The van der Waals surface area contributed by atoms with Crippen LogP contribution < -0.4 is 5.32 Å². The molecule has 7 aromatic carbocycles. The molecule has 0 spiro atoms. The van der Waals surface area contributed by atoms with Crippen LogP contribution in [0.4, 0.5) is 0 Å². The van der Waals surface area contributed by atoms with Crippen molar-refractivity contribution in [3.63, 3.8) is 0 Å². The molecule has 1 aliphatic heterocycles. The fraction of sp³-hybridized carbons (Fsp3) is 0.0426. The Bertz CT molecular complexity index is 2840. The second-order valence-corrected chi connectivity index (χ2v) is 14.5. The van der Waals surface area contributed by atoms with Crippen LogP contribution in [0, 0.1) is 0 Å². The largest absolute Gasteiger partial charge is 0.340 e. The highest BCUT2D eigenvalue weighted by Gasteiger charge is 2.32. The predicted molar refractivity (Wildman–Crippen MR) is 217 cm³/mol. The van der Waals surface area contributed by atoms with Crippen molar-refractivity contribution < 1.29 is 0 Å². The summed E-state index contributed by atoms with van der Waals surface area (Å²) >= 11 is 1.85. The average molecular weight is 672 g/mol. The van der Waals surface area contributed by atoms with E-state index in [-0.39, 0.29) is 0 Å². The standard InChI is InChI=1S/C47H33N3S/c1-47(40-23-13-22-39-38-21-9-11-25-44(38)51-45(39)40)30-41(32-16-6-3-7-17-32)48-46(49-47)34-18-12-19-35(28-34)50-42-24-10-8-20-36(42)37-27-26-33(29-43(37)50)31-14-4-2-5-15-31/h2-30H,1H3,(H,48,49). The lowest BCUT2D eigenvalue weighted by molar-refractivity contribution is 0.629. The Labute approximate surface area is 300 Å². The van der Waals surface area contributed by atoms with Crippen molar-refractivity contribution in [2.45, 2.75) is 12.5 Å². The van der Waals surface area contributed by atoms with Gasteiger partial charge in [-0.1, -0.05) is 140 Å². The number of aliphatic imine (C=N–C) groups is 1. The first-order valence-corrected chi connectivity index (χ1v) is 18.2. The molecule has 0 fully saturated rings. The van der Waals surface area contributed by atoms with Crippen molar-refractivity contribution >= 4 is 64.8 Å². The van der Waals surface area contributed by atoms with Crippen molar-refractivity contribution in [3.05, 3.63) is 193 Å². The van der Waals surface area contributed by atoms with E-state index in [0.717, 1.165) is 28.3 Å². The van der Waals surface area contributed by atoms with Crippen LogP contribution in [0.2, 0.25) is 0 Å². The maximum absolute atomic E-state index is 5.58. The maximum atomic E-state index is 5.58. The quantitative estimate of drug-likeness (QED) is 0.194. The SMILES string of the molecule is CC1(c2cccc3c2sc2ccccc23)C=C(c2ccccc2)NC(c2cccc(-n3c4ccccc4c4ccc(-c5ccccc5)cc43)c2)=N1. The summed E-state index contributed by atoms with van der Waals surface area (Å²) < 4.78 is 4.97. The van der Waals surface area contributed by atoms with E-state index in [2.05, 4.69) is 193 Å². The first-order chi connectivity index (χ1) is 25.1. The predicted octanol–water partition coefficient (Wildman–Crippen LogP) is 12.1. The maximum Gasteiger partial charge on any atom is 0.134 e. The molecule has 1 unspecified atom stereocenters. The number of nitrogens with zero attached hydrogens (tertiary/aromatic N) is 2. The zero-order valence-corrected chi connectivity index (χ0v) is 28.9. The summed E-state index contributed by atoms with van der Waals surface area (Å²) in [5.41, 5.74) is 9.68. The lowest BCUT2D eigenvalue weighted by Crippen LogP contribution is -2.34. The molecular weight excluding hydrogens is 639 g/mol. The topological polar surface area (TPSA) is 29.3 Å². The van der Waals surface area contributed by atoms with Gasteiger partial charge in [-0.05, 0) is 60.0 Å². The van der Waals surface area contributed by atoms with Gasteiger partial charge in [-0.3, -0.25) is 4.99 Å². The van der Waals surface area contributed by atoms with Crippen molar-refractivity contribution in [2.75, 3.05) is 0 Å². The van der Waals surface area contributed by atoms with Crippen LogP contribution in [0.3, 0.4) is 0 Å². The van der Waals surface area contributed by atoms with Gasteiger partial charge in [-0.15, -0.1) is 11.3 Å². The summed E-state index contributed by atoms with van der Waals surface area (Å²) in [4.78, 5) is 5.58. The molecule has 1 aliphatic rings. The van der Waals surface area contributed by atoms with Crippen LogP contribution in [-0.4, -0.2) is 10.4 Å². The average Bonchev–Trinajstić information content (AvgIpc) is 3.74. The van der Waals surface area contributed by atoms with Gasteiger partial charge >= 0.3 is 0 Å². The Hall–Kier alpha value is -6.23. The third kappa shape index (κ3) is 4.91. The van der Waals surface area contributed by atoms with Crippen LogP contribution in [0.5, 0.6) is 0 Å². The van der Waals surface area contributed by atoms with Crippen LogP contribution in [0.25, 0.3) is 64.5 Å². The third-order valence-corrected chi connectivity index (χ3v) is 11.4. The Kier molecular flexibility index (Phi) is 6.80. The highest BCUT2D eigenvalue weighted by atomic mass is 32.1. The van der Waals surface area contributed by atoms with Gasteiger partial charge in [0.15, 0.2) is 0 Å². The minimum atomic E-state index is -0.612. The Morgan fingerprint density at radius 1 is 0.529 bits per heavy atom. The molecule has 9 aromatic rings. The normalized spacial score (nSPS) is 16.0. The van der Waals surface area contributed by atoms with Crippen molar-refractivity contribution in [3.8, 4) is 16.8 Å². The lowest BCUT2D eigenvalue weighted by atomic mass is 9.87. The van der Waals surface area contributed by atoms with E-state index < -0.39 is 5.54 Å². The van der Waals surface area contributed by atoms with Crippen molar-refractivity contribution in [2.24, 2.45) is 4.99 Å². The minimum absolute atomic E-state index is 0.612. The molecule has 10 rings (SSSR count). The molecule has 1 atom stereocenters. The van der Waals surface area contributed by atoms with Crippen LogP contribution in [-0.2, 0) is 5.54 Å². The van der Waals surface area contributed by atoms with Gasteiger partial charge in [0, 0.05) is 53.5 Å². The number of amidine groups is 1. The number of hydrogen-bond donors (Lipinski definition) is 1. The van der Waals surface area contributed by atoms with E-state index in [1.54, 1.807) is 0 Å². The highest BCUT2D eigenvalue weighted by molar-refractivity contribution is 7.26. The summed E-state index contributed by atoms with van der Waals surface area (Å²) in [6.45, 7) is 2.25. The molecule has 0 saturated heterocycles. The Balaban J connectivity index is 1.16. The summed E-state index contributed by atoms with van der Waals surface area (Å²) in [7, 11) is 0. The molecule has 0 saturated carbocycles. The van der Waals surface area contributed by atoms with Crippen LogP contribution in [0.1, 0.15) is 23.6 Å². The van der Waals surface area contributed by atoms with E-state index in [9.17, 15) is 0 Å². The van der Waals surface area contributed by atoms with E-state index >= 15 is 0 Å². The fourth-order valence-electron chi connectivity index (χ4n) is 7.78. The second-order valence-electron chi connectivity index (χ2n) is 13.4. The van der Waals surface area contributed by atoms with Gasteiger partial charge in [-0.2, -0.15) is 0 Å². The summed E-state index contributed by atoms with van der Waals surface area (Å²) in [5, 5.41) is 8.82. The fourth-order valence-corrected chi connectivity index (χ4v) is 9.11. The molecule has 242 valence electrons. The summed E-state index contributed by atoms with van der Waals surface area (Å²) in [6.07, 6.45) is 2.30. The second kappa shape index (κ2) is 11.7. The van der Waals surface area contributed by atoms with Gasteiger partial charge in [0.05, 0.1) is 11.0 Å². The van der Waals surface area contributed by atoms with Crippen molar-refractivity contribution in [1.82, 2.24) is 9.88 Å². The highest BCUT2D eigenvalue weighted by Crippen LogP contribution is 2.43. The zero-order valence-electron chi connectivity index (χ0n) is 28.0. The summed E-state index contributed by atoms with van der Waals surface area (Å²) in [5.74, 6) is 0.851. The van der Waals surface area contributed by atoms with Crippen LogP contribution in [0.15, 0.2) is 181 Å². The summed E-state index contributed by atoms with van der Waals surface area (Å²) in [6, 6.07) is 60.9. The number of rotatable bonds is 5. The number of fused-ring (bicyclic) bond motifs is 6. The number of benzene rings is 7. The lowest BCUT2D eigenvalue weighted by Gasteiger charge is -2.31. The van der Waals surface area contributed by atoms with E-state index in [0.29, 0.717) is 0 Å². The van der Waals surface area contributed by atoms with Gasteiger partial charge in [0.25, 0.3) is 0 Å². The Morgan fingerprint density at radius 2 is 1.20 bits per heavy atom. The molecule has 0 radical (unpaired) electrons. The zero-order chi connectivity index (χ0) is 33.9. The van der Waals surface area contributed by atoms with Gasteiger partial charge in [0.1, 0.15) is 11.4 Å². The first-order valence-electron chi connectivity index (χ1n) is 17.4. The molecule has 51 heavy (non-hydrogen) atoms. The number of nitrogens with one attached hydrogen (secondary N) is 1. The molecule has 1 N–H and O–H groups in total. The molecule has 3 heterocycles. The number of thiophene rings is 1. The van der Waals surface area contributed by atoms with Crippen LogP contribution >= 0.6 is 11.3 Å². The van der Waals surface area contributed by atoms with Gasteiger partial charge in [-0.25, -0.2) is 0 Å². The molecule has 0 amide bonds. The number of aromatic nitrogens is 1. The molecule has 2 aromatic heterocycles.